The molecule has 0 saturated carbocycles. The Hall–Kier alpha value is -1.70. The zero-order valence-electron chi connectivity index (χ0n) is 10.9. The van der Waals surface area contributed by atoms with Gasteiger partial charge in [0.25, 0.3) is 0 Å². The summed E-state index contributed by atoms with van der Waals surface area (Å²) in [5.74, 6) is -0.233. The molecule has 0 aliphatic rings. The van der Waals surface area contributed by atoms with Crippen molar-refractivity contribution in [2.45, 2.75) is 19.1 Å². The number of aromatic nitrogens is 4. The number of rotatable bonds is 6. The summed E-state index contributed by atoms with van der Waals surface area (Å²) in [7, 11) is 0. The molecule has 1 aromatic carbocycles. The molecule has 2 N–H and O–H groups in total. The Kier molecular flexibility index (Phi) is 5.49. The molecule has 0 aliphatic heterocycles. The van der Waals surface area contributed by atoms with Crippen molar-refractivity contribution in [1.82, 2.24) is 25.5 Å². The predicted octanol–water partition coefficient (Wildman–Crippen LogP) is 1.22. The average molecular weight is 330 g/mol. The Bertz CT molecular complexity index is 606. The van der Waals surface area contributed by atoms with E-state index in [1.165, 1.54) is 11.0 Å². The van der Waals surface area contributed by atoms with Crippen molar-refractivity contribution in [3.63, 3.8) is 0 Å². The fourth-order valence-electron chi connectivity index (χ4n) is 1.69. The number of amides is 1. The zero-order valence-corrected chi connectivity index (χ0v) is 12.4. The van der Waals surface area contributed by atoms with Crippen LogP contribution in [0.4, 0.5) is 0 Å². The molecule has 0 saturated heterocycles. The summed E-state index contributed by atoms with van der Waals surface area (Å²) in [6, 6.07) is 4.93. The van der Waals surface area contributed by atoms with Crippen LogP contribution in [0.5, 0.6) is 0 Å². The van der Waals surface area contributed by atoms with Gasteiger partial charge in [-0.3, -0.25) is 4.79 Å². The number of carbonyl (C=O) groups excluding carboxylic acids is 1. The summed E-state index contributed by atoms with van der Waals surface area (Å²) in [5, 5.41) is 23.9. The SMILES string of the molecule is O=C(Cn1cnnn1)NCCC(O)c1ccc(Cl)c(Cl)c1. The monoisotopic (exact) mass is 329 g/mol. The summed E-state index contributed by atoms with van der Waals surface area (Å²) in [6.45, 7) is 0.359. The summed E-state index contributed by atoms with van der Waals surface area (Å²) < 4.78 is 1.31. The van der Waals surface area contributed by atoms with E-state index in [-0.39, 0.29) is 12.5 Å². The van der Waals surface area contributed by atoms with Crippen LogP contribution < -0.4 is 5.32 Å². The normalized spacial score (nSPS) is 12.1. The first-order valence-electron chi connectivity index (χ1n) is 6.16. The highest BCUT2D eigenvalue weighted by Gasteiger charge is 2.10. The van der Waals surface area contributed by atoms with E-state index >= 15 is 0 Å². The van der Waals surface area contributed by atoms with Crippen molar-refractivity contribution >= 4 is 29.1 Å². The van der Waals surface area contributed by atoms with Gasteiger partial charge in [0.05, 0.1) is 16.1 Å². The molecule has 1 atom stereocenters. The highest BCUT2D eigenvalue weighted by atomic mass is 35.5. The van der Waals surface area contributed by atoms with E-state index in [1.54, 1.807) is 18.2 Å². The minimum absolute atomic E-state index is 0.0376. The lowest BCUT2D eigenvalue weighted by Gasteiger charge is -2.12. The number of hydrogen-bond acceptors (Lipinski definition) is 5. The molecule has 7 nitrogen and oxygen atoms in total. The summed E-state index contributed by atoms with van der Waals surface area (Å²) in [5.41, 5.74) is 0.652. The molecule has 0 bridgehead atoms. The Balaban J connectivity index is 1.77. The van der Waals surface area contributed by atoms with Gasteiger partial charge in [-0.15, -0.1) is 5.10 Å². The van der Waals surface area contributed by atoms with Gasteiger partial charge in [0, 0.05) is 6.54 Å². The average Bonchev–Trinajstić information content (AvgIpc) is 2.94. The maximum absolute atomic E-state index is 11.6. The minimum Gasteiger partial charge on any atom is -0.388 e. The number of hydrogen-bond donors (Lipinski definition) is 2. The largest absolute Gasteiger partial charge is 0.388 e. The van der Waals surface area contributed by atoms with E-state index in [4.69, 9.17) is 23.2 Å². The van der Waals surface area contributed by atoms with Crippen LogP contribution in [-0.4, -0.2) is 37.8 Å². The number of aliphatic hydroxyl groups excluding tert-OH is 1. The molecule has 9 heteroatoms. The fourth-order valence-corrected chi connectivity index (χ4v) is 2.00. The first-order valence-corrected chi connectivity index (χ1v) is 6.92. The first-order chi connectivity index (χ1) is 10.1. The van der Waals surface area contributed by atoms with Gasteiger partial charge in [-0.1, -0.05) is 29.3 Å². The van der Waals surface area contributed by atoms with Gasteiger partial charge < -0.3 is 10.4 Å². The Morgan fingerprint density at radius 3 is 2.86 bits per heavy atom. The van der Waals surface area contributed by atoms with Crippen LogP contribution >= 0.6 is 23.2 Å². The van der Waals surface area contributed by atoms with E-state index in [9.17, 15) is 9.90 Å². The smallest absolute Gasteiger partial charge is 0.241 e. The molecule has 0 spiro atoms. The first kappa shape index (κ1) is 15.7. The minimum atomic E-state index is -0.729. The molecule has 1 aromatic heterocycles. The molecule has 1 amide bonds. The second kappa shape index (κ2) is 7.35. The molecule has 1 unspecified atom stereocenters. The number of halogens is 2. The van der Waals surface area contributed by atoms with Gasteiger partial charge >= 0.3 is 0 Å². The van der Waals surface area contributed by atoms with Gasteiger partial charge in [-0.2, -0.15) is 0 Å². The number of nitrogens with zero attached hydrogens (tertiary/aromatic N) is 4. The zero-order chi connectivity index (χ0) is 15.2. The Morgan fingerprint density at radius 1 is 1.38 bits per heavy atom. The van der Waals surface area contributed by atoms with Gasteiger partial charge in [-0.05, 0) is 34.5 Å². The predicted molar refractivity (Wildman–Crippen MR) is 76.9 cm³/mol. The number of aliphatic hydroxyl groups is 1. The topological polar surface area (TPSA) is 92.9 Å². The van der Waals surface area contributed by atoms with Crippen LogP contribution in [-0.2, 0) is 11.3 Å². The van der Waals surface area contributed by atoms with Crippen molar-refractivity contribution in [2.75, 3.05) is 6.54 Å². The van der Waals surface area contributed by atoms with Crippen molar-refractivity contribution in [3.05, 3.63) is 40.1 Å². The molecule has 2 aromatic rings. The van der Waals surface area contributed by atoms with Crippen LogP contribution in [0.25, 0.3) is 0 Å². The summed E-state index contributed by atoms with van der Waals surface area (Å²) in [4.78, 5) is 11.6. The number of tetrazole rings is 1. The van der Waals surface area contributed by atoms with E-state index in [2.05, 4.69) is 20.8 Å². The molecular formula is C12H13Cl2N5O2. The van der Waals surface area contributed by atoms with Gasteiger partial charge in [-0.25, -0.2) is 4.68 Å². The van der Waals surface area contributed by atoms with Crippen molar-refractivity contribution in [3.8, 4) is 0 Å². The lowest BCUT2D eigenvalue weighted by molar-refractivity contribution is -0.121. The van der Waals surface area contributed by atoms with Crippen LogP contribution in [0.3, 0.4) is 0 Å². The second-order valence-corrected chi connectivity index (χ2v) is 5.15. The molecular weight excluding hydrogens is 317 g/mol. The second-order valence-electron chi connectivity index (χ2n) is 4.34. The molecule has 0 aliphatic carbocycles. The quantitative estimate of drug-likeness (QED) is 0.831. The van der Waals surface area contributed by atoms with E-state index < -0.39 is 6.10 Å². The lowest BCUT2D eigenvalue weighted by atomic mass is 10.1. The maximum atomic E-state index is 11.6. The van der Waals surface area contributed by atoms with E-state index in [0.717, 1.165) is 0 Å². The van der Waals surface area contributed by atoms with E-state index in [1.807, 2.05) is 0 Å². The van der Waals surface area contributed by atoms with Crippen LogP contribution in [0.1, 0.15) is 18.1 Å². The van der Waals surface area contributed by atoms with Crippen LogP contribution in [0.15, 0.2) is 24.5 Å². The third-order valence-corrected chi connectivity index (χ3v) is 3.50. The van der Waals surface area contributed by atoms with Gasteiger partial charge in [0.2, 0.25) is 5.91 Å². The lowest BCUT2D eigenvalue weighted by Crippen LogP contribution is -2.29. The third-order valence-electron chi connectivity index (χ3n) is 2.77. The van der Waals surface area contributed by atoms with Crippen LogP contribution in [0, 0.1) is 0 Å². The standard InChI is InChI=1S/C12H13Cl2N5O2/c13-9-2-1-8(5-10(9)14)11(20)3-4-15-12(21)6-19-7-16-17-18-19/h1-2,5,7,11,20H,3-4,6H2,(H,15,21). The van der Waals surface area contributed by atoms with Crippen molar-refractivity contribution < 1.29 is 9.90 Å². The summed E-state index contributed by atoms with van der Waals surface area (Å²) >= 11 is 11.7. The Morgan fingerprint density at radius 2 is 2.19 bits per heavy atom. The highest BCUT2D eigenvalue weighted by molar-refractivity contribution is 6.42. The van der Waals surface area contributed by atoms with E-state index in [0.29, 0.717) is 28.6 Å². The third kappa shape index (κ3) is 4.66. The number of carbonyl (C=O) groups is 1. The van der Waals surface area contributed by atoms with Gasteiger partial charge in [0.1, 0.15) is 12.9 Å². The highest BCUT2D eigenvalue weighted by Crippen LogP contribution is 2.26. The number of benzene rings is 1. The molecule has 112 valence electrons. The fraction of sp³-hybridized carbons (Fsp3) is 0.333. The van der Waals surface area contributed by atoms with Crippen LogP contribution in [0.2, 0.25) is 10.0 Å². The number of nitrogens with one attached hydrogen (secondary N) is 1. The maximum Gasteiger partial charge on any atom is 0.241 e. The Labute approximate surface area is 130 Å². The summed E-state index contributed by atoms with van der Waals surface area (Å²) in [6.07, 6.45) is 0.983. The molecule has 0 radical (unpaired) electrons. The molecule has 2 rings (SSSR count). The van der Waals surface area contributed by atoms with Crippen molar-refractivity contribution in [2.24, 2.45) is 0 Å². The molecule has 1 heterocycles. The molecule has 0 fully saturated rings. The van der Waals surface area contributed by atoms with Gasteiger partial charge in [0.15, 0.2) is 0 Å². The molecule has 21 heavy (non-hydrogen) atoms. The van der Waals surface area contributed by atoms with Crippen molar-refractivity contribution in [1.29, 1.82) is 0 Å².